The van der Waals surface area contributed by atoms with Gasteiger partial charge in [-0.2, -0.15) is 0 Å². The van der Waals surface area contributed by atoms with E-state index >= 15 is 0 Å². The maximum Gasteiger partial charge on any atom is 0.133 e. The molecule has 0 aliphatic heterocycles. The first-order valence-corrected chi connectivity index (χ1v) is 6.05. The number of ether oxygens (including phenoxy) is 1. The summed E-state index contributed by atoms with van der Waals surface area (Å²) in [6, 6.07) is 3.93. The van der Waals surface area contributed by atoms with Crippen LogP contribution in [0.1, 0.15) is 32.4 Å². The zero-order valence-corrected chi connectivity index (χ0v) is 11.2. The van der Waals surface area contributed by atoms with Crippen molar-refractivity contribution in [2.75, 3.05) is 25.1 Å². The van der Waals surface area contributed by atoms with E-state index in [1.807, 2.05) is 40.0 Å². The number of anilines is 1. The van der Waals surface area contributed by atoms with E-state index in [0.717, 1.165) is 17.9 Å². The van der Waals surface area contributed by atoms with Crippen LogP contribution in [0, 0.1) is 0 Å². The molecule has 0 fully saturated rings. The van der Waals surface area contributed by atoms with Gasteiger partial charge in [0.2, 0.25) is 0 Å². The molecule has 0 amide bonds. The molecular formula is C13H23N3O. The summed E-state index contributed by atoms with van der Waals surface area (Å²) in [5, 5.41) is 0. The van der Waals surface area contributed by atoms with E-state index in [0.29, 0.717) is 6.61 Å². The predicted octanol–water partition coefficient (Wildman–Crippen LogP) is 1.96. The van der Waals surface area contributed by atoms with Gasteiger partial charge in [-0.1, -0.05) is 6.07 Å². The highest BCUT2D eigenvalue weighted by molar-refractivity contribution is 5.47. The summed E-state index contributed by atoms with van der Waals surface area (Å²) in [6.45, 7) is 7.55. The first-order chi connectivity index (χ1) is 8.02. The molecule has 96 valence electrons. The lowest BCUT2D eigenvalue weighted by Crippen LogP contribution is -2.26. The zero-order valence-electron chi connectivity index (χ0n) is 11.2. The van der Waals surface area contributed by atoms with Gasteiger partial charge in [0.05, 0.1) is 12.7 Å². The molecule has 1 rings (SSSR count). The van der Waals surface area contributed by atoms with Gasteiger partial charge in [0.15, 0.2) is 0 Å². The molecule has 1 aromatic rings. The molecule has 0 saturated carbocycles. The SMILES string of the molecule is CC(C)OCCN(C)c1ncccc1[C@@H](C)N. The fourth-order valence-electron chi connectivity index (χ4n) is 1.62. The number of pyridine rings is 1. The fourth-order valence-corrected chi connectivity index (χ4v) is 1.62. The Bertz CT molecular complexity index is 339. The number of rotatable bonds is 6. The largest absolute Gasteiger partial charge is 0.377 e. The van der Waals surface area contributed by atoms with Gasteiger partial charge in [-0.25, -0.2) is 4.98 Å². The van der Waals surface area contributed by atoms with Crippen molar-refractivity contribution in [1.29, 1.82) is 0 Å². The highest BCUT2D eigenvalue weighted by atomic mass is 16.5. The van der Waals surface area contributed by atoms with Crippen LogP contribution < -0.4 is 10.6 Å². The third-order valence-corrected chi connectivity index (χ3v) is 2.55. The van der Waals surface area contributed by atoms with Crippen molar-refractivity contribution in [3.8, 4) is 0 Å². The second-order valence-corrected chi connectivity index (χ2v) is 4.55. The summed E-state index contributed by atoms with van der Waals surface area (Å²) in [5.41, 5.74) is 7.00. The van der Waals surface area contributed by atoms with E-state index in [-0.39, 0.29) is 12.1 Å². The molecule has 1 heterocycles. The quantitative estimate of drug-likeness (QED) is 0.821. The molecular weight excluding hydrogens is 214 g/mol. The molecule has 1 aromatic heterocycles. The number of hydrogen-bond donors (Lipinski definition) is 1. The molecule has 1 atom stereocenters. The highest BCUT2D eigenvalue weighted by Gasteiger charge is 2.11. The molecule has 0 aliphatic rings. The molecule has 4 nitrogen and oxygen atoms in total. The molecule has 0 radical (unpaired) electrons. The van der Waals surface area contributed by atoms with Crippen LogP contribution >= 0.6 is 0 Å². The number of hydrogen-bond acceptors (Lipinski definition) is 4. The van der Waals surface area contributed by atoms with Crippen LogP contribution in [0.3, 0.4) is 0 Å². The minimum atomic E-state index is -0.00725. The average molecular weight is 237 g/mol. The van der Waals surface area contributed by atoms with Crippen molar-refractivity contribution in [2.24, 2.45) is 5.73 Å². The predicted molar refractivity (Wildman–Crippen MR) is 71.2 cm³/mol. The van der Waals surface area contributed by atoms with Crippen LogP contribution in [-0.4, -0.2) is 31.3 Å². The third-order valence-electron chi connectivity index (χ3n) is 2.55. The lowest BCUT2D eigenvalue weighted by Gasteiger charge is -2.22. The Kier molecular flexibility index (Phi) is 5.38. The normalized spacial score (nSPS) is 12.8. The second kappa shape index (κ2) is 6.57. The average Bonchev–Trinajstić information content (AvgIpc) is 2.28. The van der Waals surface area contributed by atoms with Crippen molar-refractivity contribution in [3.05, 3.63) is 23.9 Å². The summed E-state index contributed by atoms with van der Waals surface area (Å²) in [5.74, 6) is 0.940. The zero-order chi connectivity index (χ0) is 12.8. The molecule has 0 bridgehead atoms. The van der Waals surface area contributed by atoms with Gasteiger partial charge in [0, 0.05) is 31.4 Å². The molecule has 4 heteroatoms. The second-order valence-electron chi connectivity index (χ2n) is 4.55. The molecule has 0 spiro atoms. The summed E-state index contributed by atoms with van der Waals surface area (Å²) >= 11 is 0. The molecule has 0 aliphatic carbocycles. The first kappa shape index (κ1) is 13.9. The molecule has 0 aromatic carbocycles. The van der Waals surface area contributed by atoms with Crippen LogP contribution in [0.15, 0.2) is 18.3 Å². The Morgan fingerprint density at radius 1 is 1.41 bits per heavy atom. The number of aromatic nitrogens is 1. The first-order valence-electron chi connectivity index (χ1n) is 6.05. The lowest BCUT2D eigenvalue weighted by atomic mass is 10.1. The summed E-state index contributed by atoms with van der Waals surface area (Å²) in [6.07, 6.45) is 2.06. The Morgan fingerprint density at radius 3 is 2.71 bits per heavy atom. The lowest BCUT2D eigenvalue weighted by molar-refractivity contribution is 0.0845. The van der Waals surface area contributed by atoms with Crippen molar-refractivity contribution in [1.82, 2.24) is 4.98 Å². The van der Waals surface area contributed by atoms with Gasteiger partial charge in [-0.15, -0.1) is 0 Å². The van der Waals surface area contributed by atoms with Crippen LogP contribution in [0.4, 0.5) is 5.82 Å². The van der Waals surface area contributed by atoms with Crippen molar-refractivity contribution < 1.29 is 4.74 Å². The topological polar surface area (TPSA) is 51.4 Å². The number of nitrogens with two attached hydrogens (primary N) is 1. The summed E-state index contributed by atoms with van der Waals surface area (Å²) < 4.78 is 5.53. The molecule has 0 saturated heterocycles. The minimum absolute atomic E-state index is 0.00725. The van der Waals surface area contributed by atoms with E-state index in [1.165, 1.54) is 0 Å². The van der Waals surface area contributed by atoms with Gasteiger partial charge in [-0.3, -0.25) is 0 Å². The summed E-state index contributed by atoms with van der Waals surface area (Å²) in [7, 11) is 2.01. The Morgan fingerprint density at radius 2 is 2.12 bits per heavy atom. The number of nitrogens with zero attached hydrogens (tertiary/aromatic N) is 2. The van der Waals surface area contributed by atoms with E-state index in [2.05, 4.69) is 9.88 Å². The Labute approximate surface area is 104 Å². The van der Waals surface area contributed by atoms with Crippen LogP contribution in [0.5, 0.6) is 0 Å². The fraction of sp³-hybridized carbons (Fsp3) is 0.615. The van der Waals surface area contributed by atoms with Crippen molar-refractivity contribution >= 4 is 5.82 Å². The van der Waals surface area contributed by atoms with E-state index in [9.17, 15) is 0 Å². The van der Waals surface area contributed by atoms with Gasteiger partial charge >= 0.3 is 0 Å². The third kappa shape index (κ3) is 4.32. The van der Waals surface area contributed by atoms with E-state index < -0.39 is 0 Å². The van der Waals surface area contributed by atoms with Gasteiger partial charge in [0.25, 0.3) is 0 Å². The van der Waals surface area contributed by atoms with Gasteiger partial charge < -0.3 is 15.4 Å². The maximum absolute atomic E-state index is 5.93. The summed E-state index contributed by atoms with van der Waals surface area (Å²) in [4.78, 5) is 6.47. The molecule has 17 heavy (non-hydrogen) atoms. The molecule has 2 N–H and O–H groups in total. The van der Waals surface area contributed by atoms with Crippen LogP contribution in [0.2, 0.25) is 0 Å². The Hall–Kier alpha value is -1.13. The van der Waals surface area contributed by atoms with Gasteiger partial charge in [-0.05, 0) is 26.8 Å². The Balaban J connectivity index is 2.65. The monoisotopic (exact) mass is 237 g/mol. The van der Waals surface area contributed by atoms with Crippen molar-refractivity contribution in [3.63, 3.8) is 0 Å². The standard InChI is InChI=1S/C13H23N3O/c1-10(2)17-9-8-16(4)13-12(11(3)14)6-5-7-15-13/h5-7,10-11H,8-9,14H2,1-4H3/t11-/m1/s1. The minimum Gasteiger partial charge on any atom is -0.377 e. The smallest absolute Gasteiger partial charge is 0.133 e. The maximum atomic E-state index is 5.93. The van der Waals surface area contributed by atoms with E-state index in [4.69, 9.17) is 10.5 Å². The van der Waals surface area contributed by atoms with Crippen LogP contribution in [-0.2, 0) is 4.74 Å². The number of likely N-dealkylation sites (N-methyl/N-ethyl adjacent to an activating group) is 1. The highest BCUT2D eigenvalue weighted by Crippen LogP contribution is 2.20. The molecule has 0 unspecified atom stereocenters. The van der Waals surface area contributed by atoms with Gasteiger partial charge in [0.1, 0.15) is 5.82 Å². The van der Waals surface area contributed by atoms with Crippen LogP contribution in [0.25, 0.3) is 0 Å². The van der Waals surface area contributed by atoms with Crippen molar-refractivity contribution in [2.45, 2.75) is 32.9 Å². The van der Waals surface area contributed by atoms with E-state index in [1.54, 1.807) is 6.20 Å².